The molecular weight excluding hydrogens is 212 g/mol. The molecule has 2 bridgehead atoms. The number of aliphatic carboxylic acids is 1. The van der Waals surface area contributed by atoms with E-state index >= 15 is 0 Å². The van der Waals surface area contributed by atoms with Gasteiger partial charge in [-0.3, -0.25) is 0 Å². The molecule has 3 N–H and O–H groups in total. The van der Waals surface area contributed by atoms with Gasteiger partial charge in [0, 0.05) is 12.6 Å². The Morgan fingerprint density at radius 1 is 1.44 bits per heavy atom. The molecule has 6 nitrogen and oxygen atoms in total. The van der Waals surface area contributed by atoms with E-state index in [0.29, 0.717) is 12.5 Å². The molecule has 1 saturated carbocycles. The molecule has 2 aliphatic rings. The molecule has 2 unspecified atom stereocenters. The summed E-state index contributed by atoms with van der Waals surface area (Å²) in [5.74, 6) is -0.631. The van der Waals surface area contributed by atoms with Crippen molar-refractivity contribution in [1.82, 2.24) is 10.2 Å². The molecule has 3 atom stereocenters. The minimum Gasteiger partial charge on any atom is -0.480 e. The van der Waals surface area contributed by atoms with Gasteiger partial charge in [-0.05, 0) is 25.2 Å². The molecule has 1 heterocycles. The van der Waals surface area contributed by atoms with Gasteiger partial charge in [-0.1, -0.05) is 0 Å². The van der Waals surface area contributed by atoms with Crippen molar-refractivity contribution in [2.75, 3.05) is 13.2 Å². The summed E-state index contributed by atoms with van der Waals surface area (Å²) in [6.45, 7) is 0.136. The highest BCUT2D eigenvalue weighted by molar-refractivity contribution is 5.83. The van der Waals surface area contributed by atoms with Crippen molar-refractivity contribution >= 4 is 12.0 Å². The molecular formula is C10H16N2O4. The first kappa shape index (κ1) is 11.2. The maximum Gasteiger partial charge on any atom is 0.328 e. The van der Waals surface area contributed by atoms with E-state index in [1.807, 2.05) is 0 Å². The van der Waals surface area contributed by atoms with Crippen molar-refractivity contribution in [2.24, 2.45) is 5.92 Å². The summed E-state index contributed by atoms with van der Waals surface area (Å²) >= 11 is 0. The van der Waals surface area contributed by atoms with Gasteiger partial charge in [0.15, 0.2) is 6.04 Å². The van der Waals surface area contributed by atoms with Crippen molar-refractivity contribution in [3.05, 3.63) is 0 Å². The second-order valence-corrected chi connectivity index (χ2v) is 4.51. The number of nitrogens with one attached hydrogen (secondary N) is 1. The summed E-state index contributed by atoms with van der Waals surface area (Å²) in [6.07, 6.45) is 3.20. The number of fused-ring (bicyclic) bond motifs is 2. The van der Waals surface area contributed by atoms with Gasteiger partial charge in [0.2, 0.25) is 0 Å². The number of carboxylic acids is 1. The van der Waals surface area contributed by atoms with Crippen molar-refractivity contribution < 1.29 is 19.8 Å². The van der Waals surface area contributed by atoms with E-state index in [9.17, 15) is 9.59 Å². The van der Waals surface area contributed by atoms with Gasteiger partial charge < -0.3 is 20.4 Å². The van der Waals surface area contributed by atoms with E-state index in [-0.39, 0.29) is 12.1 Å². The zero-order valence-corrected chi connectivity index (χ0v) is 8.93. The van der Waals surface area contributed by atoms with Gasteiger partial charge in [-0.25, -0.2) is 9.59 Å². The van der Waals surface area contributed by atoms with Gasteiger partial charge in [0.05, 0.1) is 6.61 Å². The van der Waals surface area contributed by atoms with Crippen LogP contribution in [0.5, 0.6) is 0 Å². The van der Waals surface area contributed by atoms with Crippen LogP contribution in [0.1, 0.15) is 19.3 Å². The van der Waals surface area contributed by atoms with E-state index < -0.39 is 18.6 Å². The minimum atomic E-state index is -1.21. The Morgan fingerprint density at radius 3 is 2.62 bits per heavy atom. The maximum absolute atomic E-state index is 11.7. The van der Waals surface area contributed by atoms with Crippen LogP contribution in [0.25, 0.3) is 0 Å². The van der Waals surface area contributed by atoms with E-state index in [2.05, 4.69) is 5.32 Å². The highest BCUT2D eigenvalue weighted by Crippen LogP contribution is 2.37. The van der Waals surface area contributed by atoms with Gasteiger partial charge in [0.25, 0.3) is 0 Å². The van der Waals surface area contributed by atoms with Crippen LogP contribution in [0.3, 0.4) is 0 Å². The van der Waals surface area contributed by atoms with Gasteiger partial charge in [-0.2, -0.15) is 0 Å². The molecule has 0 aromatic carbocycles. The standard InChI is InChI=1S/C10H16N2O4/c13-5-8(9(14)15)11-10(16)12-4-6-1-2-7(12)3-6/h6-8,13H,1-5H2,(H,11,16)(H,14,15)/t6?,7?,8-/m1/s1. The Bertz CT molecular complexity index is 307. The molecule has 90 valence electrons. The Balaban J connectivity index is 1.90. The fourth-order valence-electron chi connectivity index (χ4n) is 2.59. The van der Waals surface area contributed by atoms with Gasteiger partial charge in [-0.15, -0.1) is 0 Å². The number of hydrogen-bond acceptors (Lipinski definition) is 3. The Hall–Kier alpha value is -1.30. The van der Waals surface area contributed by atoms with Crippen LogP contribution >= 0.6 is 0 Å². The van der Waals surface area contributed by atoms with Crippen LogP contribution in [-0.4, -0.2) is 52.3 Å². The monoisotopic (exact) mass is 228 g/mol. The van der Waals surface area contributed by atoms with Crippen LogP contribution in [0.15, 0.2) is 0 Å². The Labute approximate surface area is 93.2 Å². The lowest BCUT2D eigenvalue weighted by molar-refractivity contribution is -0.140. The van der Waals surface area contributed by atoms with E-state index in [4.69, 9.17) is 10.2 Å². The van der Waals surface area contributed by atoms with E-state index in [0.717, 1.165) is 19.3 Å². The normalized spacial score (nSPS) is 29.2. The number of nitrogens with zero attached hydrogens (tertiary/aromatic N) is 1. The zero-order chi connectivity index (χ0) is 11.7. The fraction of sp³-hybridized carbons (Fsp3) is 0.800. The number of amides is 2. The number of aliphatic hydroxyl groups is 1. The van der Waals surface area contributed by atoms with Crippen molar-refractivity contribution in [3.63, 3.8) is 0 Å². The number of likely N-dealkylation sites (tertiary alicyclic amines) is 1. The molecule has 0 spiro atoms. The molecule has 2 fully saturated rings. The molecule has 2 rings (SSSR count). The lowest BCUT2D eigenvalue weighted by Gasteiger charge is -2.28. The molecule has 1 aliphatic carbocycles. The number of carbonyl (C=O) groups is 2. The molecule has 1 aliphatic heterocycles. The highest BCUT2D eigenvalue weighted by Gasteiger charge is 2.40. The number of piperidine rings is 1. The molecule has 2 amide bonds. The second kappa shape index (κ2) is 4.29. The van der Waals surface area contributed by atoms with Crippen LogP contribution in [0, 0.1) is 5.92 Å². The van der Waals surface area contributed by atoms with Crippen LogP contribution in [0.4, 0.5) is 4.79 Å². The predicted molar refractivity (Wildman–Crippen MR) is 54.9 cm³/mol. The summed E-state index contributed by atoms with van der Waals surface area (Å²) in [6, 6.07) is -1.31. The third-order valence-corrected chi connectivity index (χ3v) is 3.45. The zero-order valence-electron chi connectivity index (χ0n) is 8.93. The first-order chi connectivity index (χ1) is 7.61. The van der Waals surface area contributed by atoms with Crippen molar-refractivity contribution in [3.8, 4) is 0 Å². The minimum absolute atomic E-state index is 0.262. The first-order valence-electron chi connectivity index (χ1n) is 5.52. The Kier molecular flexibility index (Phi) is 3.00. The number of rotatable bonds is 3. The predicted octanol–water partition coefficient (Wildman–Crippen LogP) is -0.374. The summed E-state index contributed by atoms with van der Waals surface area (Å²) in [5, 5.41) is 19.8. The lowest BCUT2D eigenvalue weighted by atomic mass is 10.1. The average molecular weight is 228 g/mol. The van der Waals surface area contributed by atoms with Crippen LogP contribution in [0.2, 0.25) is 0 Å². The van der Waals surface area contributed by atoms with Crippen molar-refractivity contribution in [1.29, 1.82) is 0 Å². The summed E-state index contributed by atoms with van der Waals surface area (Å²) in [5.41, 5.74) is 0. The smallest absolute Gasteiger partial charge is 0.328 e. The van der Waals surface area contributed by atoms with E-state index in [1.165, 1.54) is 0 Å². The number of carboxylic acid groups (broad SMARTS) is 1. The fourth-order valence-corrected chi connectivity index (χ4v) is 2.59. The SMILES string of the molecule is O=C(O)[C@@H](CO)NC(=O)N1CC2CCC1C2. The number of aliphatic hydroxyl groups excluding tert-OH is 1. The molecule has 6 heteroatoms. The topological polar surface area (TPSA) is 89.9 Å². The summed E-state index contributed by atoms with van der Waals surface area (Å²) in [4.78, 5) is 24.1. The molecule has 0 aromatic rings. The van der Waals surface area contributed by atoms with Gasteiger partial charge >= 0.3 is 12.0 Å². The summed E-state index contributed by atoms with van der Waals surface area (Å²) in [7, 11) is 0. The third-order valence-electron chi connectivity index (χ3n) is 3.45. The summed E-state index contributed by atoms with van der Waals surface area (Å²) < 4.78 is 0. The van der Waals surface area contributed by atoms with Crippen molar-refractivity contribution in [2.45, 2.75) is 31.3 Å². The molecule has 1 saturated heterocycles. The number of hydrogen-bond donors (Lipinski definition) is 3. The Morgan fingerprint density at radius 2 is 2.19 bits per heavy atom. The van der Waals surface area contributed by atoms with Crippen LogP contribution < -0.4 is 5.32 Å². The molecule has 0 aromatic heterocycles. The number of carbonyl (C=O) groups excluding carboxylic acids is 1. The van der Waals surface area contributed by atoms with Crippen LogP contribution in [-0.2, 0) is 4.79 Å². The van der Waals surface area contributed by atoms with E-state index in [1.54, 1.807) is 4.90 Å². The van der Waals surface area contributed by atoms with Gasteiger partial charge in [0.1, 0.15) is 0 Å². The average Bonchev–Trinajstić information content (AvgIpc) is 2.86. The number of urea groups is 1. The third kappa shape index (κ3) is 1.97. The molecule has 16 heavy (non-hydrogen) atoms. The maximum atomic E-state index is 11.7. The second-order valence-electron chi connectivity index (χ2n) is 4.51. The largest absolute Gasteiger partial charge is 0.480 e. The highest BCUT2D eigenvalue weighted by atomic mass is 16.4. The first-order valence-corrected chi connectivity index (χ1v) is 5.52. The molecule has 0 radical (unpaired) electrons. The quantitative estimate of drug-likeness (QED) is 0.614. The lowest BCUT2D eigenvalue weighted by Crippen LogP contribution is -2.51.